The molecule has 0 saturated carbocycles. The number of carbonyl (C=O) groups is 1. The van der Waals surface area contributed by atoms with Crippen LogP contribution in [0.25, 0.3) is 28.0 Å². The van der Waals surface area contributed by atoms with Crippen molar-refractivity contribution in [3.8, 4) is 17.1 Å². The van der Waals surface area contributed by atoms with Crippen molar-refractivity contribution >= 4 is 26.6 Å². The molecule has 1 saturated heterocycles. The second-order valence-corrected chi connectivity index (χ2v) is 9.95. The Kier molecular flexibility index (Phi) is 5.58. The van der Waals surface area contributed by atoms with Crippen molar-refractivity contribution in [2.75, 3.05) is 32.4 Å². The van der Waals surface area contributed by atoms with Gasteiger partial charge in [0.1, 0.15) is 5.82 Å². The highest BCUT2D eigenvalue weighted by atomic mass is 32.2. The van der Waals surface area contributed by atoms with Gasteiger partial charge in [-0.05, 0) is 24.3 Å². The molecule has 0 unspecified atom stereocenters. The summed E-state index contributed by atoms with van der Waals surface area (Å²) >= 11 is 0. The maximum absolute atomic E-state index is 14.1. The molecule has 1 aliphatic rings. The van der Waals surface area contributed by atoms with Gasteiger partial charge < -0.3 is 10.2 Å². The van der Waals surface area contributed by atoms with Gasteiger partial charge in [-0.25, -0.2) is 22.8 Å². The largest absolute Gasteiger partial charge is 0.336 e. The van der Waals surface area contributed by atoms with E-state index in [-0.39, 0.29) is 16.9 Å². The smallest absolute Gasteiger partial charge is 0.254 e. The van der Waals surface area contributed by atoms with Gasteiger partial charge in [0.25, 0.3) is 11.9 Å². The number of sulfone groups is 1. The maximum atomic E-state index is 14.1. The summed E-state index contributed by atoms with van der Waals surface area (Å²) in [7, 11) is -3.67. The van der Waals surface area contributed by atoms with Crippen molar-refractivity contribution in [1.29, 1.82) is 0 Å². The zero-order valence-electron chi connectivity index (χ0n) is 18.3. The predicted octanol–water partition coefficient (Wildman–Crippen LogP) is 2.07. The predicted molar refractivity (Wildman–Crippen MR) is 124 cm³/mol. The summed E-state index contributed by atoms with van der Waals surface area (Å²) in [6, 6.07) is 11.1. The molecule has 0 spiro atoms. The number of hydrogen-bond acceptors (Lipinski definition) is 7. The number of amides is 1. The number of hydrogen-bond donors (Lipinski definition) is 1. The van der Waals surface area contributed by atoms with Gasteiger partial charge in [0, 0.05) is 66.9 Å². The SMILES string of the molecule is CS(=O)(=O)c1nn(-c2ncc(-c3ccccc3F)cn2)c2cc(C(=O)N3CCNCC3)ccc12. The van der Waals surface area contributed by atoms with Crippen molar-refractivity contribution in [2.24, 2.45) is 0 Å². The number of fused-ring (bicyclic) bond motifs is 1. The first-order valence-corrected chi connectivity index (χ1v) is 12.5. The molecule has 1 fully saturated rings. The summed E-state index contributed by atoms with van der Waals surface area (Å²) in [5.74, 6) is -0.446. The molecule has 1 N–H and O–H groups in total. The summed E-state index contributed by atoms with van der Waals surface area (Å²) < 4.78 is 40.2. The van der Waals surface area contributed by atoms with Crippen LogP contribution < -0.4 is 5.32 Å². The molecule has 0 radical (unpaired) electrons. The fourth-order valence-electron chi connectivity index (χ4n) is 3.96. The molecule has 4 aromatic rings. The van der Waals surface area contributed by atoms with Crippen LogP contribution in [0.5, 0.6) is 0 Å². The van der Waals surface area contributed by atoms with Crippen molar-refractivity contribution in [3.05, 3.63) is 66.2 Å². The monoisotopic (exact) mass is 480 g/mol. The summed E-state index contributed by atoms with van der Waals surface area (Å²) in [5.41, 5.74) is 1.62. The van der Waals surface area contributed by atoms with Gasteiger partial charge in [0.15, 0.2) is 14.9 Å². The van der Waals surface area contributed by atoms with Crippen molar-refractivity contribution in [2.45, 2.75) is 5.03 Å². The minimum atomic E-state index is -3.67. The molecule has 11 heteroatoms. The lowest BCUT2D eigenvalue weighted by Crippen LogP contribution is -2.46. The van der Waals surface area contributed by atoms with Crippen molar-refractivity contribution in [3.63, 3.8) is 0 Å². The molecule has 2 aromatic heterocycles. The number of piperazine rings is 1. The Morgan fingerprint density at radius 2 is 1.76 bits per heavy atom. The number of aromatic nitrogens is 4. The molecule has 0 atom stereocenters. The summed E-state index contributed by atoms with van der Waals surface area (Å²) in [6.45, 7) is 2.61. The second kappa shape index (κ2) is 8.58. The van der Waals surface area contributed by atoms with E-state index in [0.29, 0.717) is 53.8 Å². The highest BCUT2D eigenvalue weighted by Crippen LogP contribution is 2.27. The van der Waals surface area contributed by atoms with E-state index in [9.17, 15) is 17.6 Å². The number of rotatable bonds is 4. The average Bonchev–Trinajstić information content (AvgIpc) is 3.24. The summed E-state index contributed by atoms with van der Waals surface area (Å²) in [5, 5.41) is 7.69. The molecule has 174 valence electrons. The minimum Gasteiger partial charge on any atom is -0.336 e. The lowest BCUT2D eigenvalue weighted by molar-refractivity contribution is 0.0736. The van der Waals surface area contributed by atoms with Crippen LogP contribution >= 0.6 is 0 Å². The fourth-order valence-corrected chi connectivity index (χ4v) is 4.76. The maximum Gasteiger partial charge on any atom is 0.254 e. The lowest BCUT2D eigenvalue weighted by atomic mass is 10.1. The molecule has 1 amide bonds. The zero-order chi connectivity index (χ0) is 23.9. The molecular formula is C23H21FN6O3S. The number of nitrogens with zero attached hydrogens (tertiary/aromatic N) is 5. The normalized spacial score (nSPS) is 14.5. The minimum absolute atomic E-state index is 0.103. The highest BCUT2D eigenvalue weighted by Gasteiger charge is 2.24. The second-order valence-electron chi connectivity index (χ2n) is 8.01. The fraction of sp³-hybridized carbons (Fsp3) is 0.217. The number of nitrogens with one attached hydrogen (secondary N) is 1. The topological polar surface area (TPSA) is 110 Å². The third kappa shape index (κ3) is 4.03. The first-order valence-electron chi connectivity index (χ1n) is 10.6. The average molecular weight is 481 g/mol. The molecule has 2 aromatic carbocycles. The Hall–Kier alpha value is -3.70. The number of halogens is 1. The standard InChI is InChI=1S/C23H21FN6O3S/c1-34(32,33)21-18-7-6-15(22(31)29-10-8-25-9-11-29)12-20(18)30(28-21)23-26-13-16(14-27-23)17-4-2-3-5-19(17)24/h2-7,12-14,25H,8-11H2,1H3. The molecule has 34 heavy (non-hydrogen) atoms. The van der Waals surface area contributed by atoms with E-state index in [1.807, 2.05) is 0 Å². The first kappa shape index (κ1) is 22.1. The van der Waals surface area contributed by atoms with Gasteiger partial charge in [0.05, 0.1) is 5.52 Å². The molecule has 5 rings (SSSR count). The van der Waals surface area contributed by atoms with Gasteiger partial charge in [0.2, 0.25) is 0 Å². The Morgan fingerprint density at radius 3 is 2.44 bits per heavy atom. The van der Waals surface area contributed by atoms with Gasteiger partial charge >= 0.3 is 0 Å². The molecule has 0 bridgehead atoms. The van der Waals surface area contributed by atoms with Gasteiger partial charge in [-0.2, -0.15) is 9.78 Å². The Balaban J connectivity index is 1.61. The third-order valence-electron chi connectivity index (χ3n) is 5.66. The van der Waals surface area contributed by atoms with Gasteiger partial charge in [-0.1, -0.05) is 18.2 Å². The molecule has 3 heterocycles. The van der Waals surface area contributed by atoms with Crippen LogP contribution in [0.3, 0.4) is 0 Å². The van der Waals surface area contributed by atoms with Crippen LogP contribution in [-0.4, -0.2) is 71.4 Å². The van der Waals surface area contributed by atoms with E-state index in [2.05, 4.69) is 20.4 Å². The van der Waals surface area contributed by atoms with E-state index in [1.165, 1.54) is 23.1 Å². The number of benzene rings is 2. The van der Waals surface area contributed by atoms with Gasteiger partial charge in [-0.3, -0.25) is 4.79 Å². The molecular weight excluding hydrogens is 459 g/mol. The highest BCUT2D eigenvalue weighted by molar-refractivity contribution is 7.90. The quantitative estimate of drug-likeness (QED) is 0.476. The van der Waals surface area contributed by atoms with E-state index in [1.54, 1.807) is 41.3 Å². The lowest BCUT2D eigenvalue weighted by Gasteiger charge is -2.27. The van der Waals surface area contributed by atoms with E-state index in [0.717, 1.165) is 6.26 Å². The van der Waals surface area contributed by atoms with E-state index >= 15 is 0 Å². The first-order chi connectivity index (χ1) is 16.3. The van der Waals surface area contributed by atoms with Crippen molar-refractivity contribution in [1.82, 2.24) is 30.0 Å². The van der Waals surface area contributed by atoms with Crippen LogP contribution in [-0.2, 0) is 9.84 Å². The Bertz CT molecular complexity index is 1500. The van der Waals surface area contributed by atoms with Crippen LogP contribution in [0.2, 0.25) is 0 Å². The summed E-state index contributed by atoms with van der Waals surface area (Å²) in [6.07, 6.45) is 3.97. The number of carbonyl (C=O) groups excluding carboxylic acids is 1. The molecule has 1 aliphatic heterocycles. The van der Waals surface area contributed by atoms with Gasteiger partial charge in [-0.15, -0.1) is 0 Å². The van der Waals surface area contributed by atoms with Crippen LogP contribution in [0.15, 0.2) is 59.9 Å². The van der Waals surface area contributed by atoms with Crippen LogP contribution in [0.1, 0.15) is 10.4 Å². The van der Waals surface area contributed by atoms with E-state index < -0.39 is 15.7 Å². The Morgan fingerprint density at radius 1 is 1.06 bits per heavy atom. The summed E-state index contributed by atoms with van der Waals surface area (Å²) in [4.78, 5) is 23.4. The van der Waals surface area contributed by atoms with Crippen LogP contribution in [0, 0.1) is 5.82 Å². The Labute approximate surface area is 195 Å². The molecule has 0 aliphatic carbocycles. The zero-order valence-corrected chi connectivity index (χ0v) is 19.1. The van der Waals surface area contributed by atoms with Crippen molar-refractivity contribution < 1.29 is 17.6 Å². The third-order valence-corrected chi connectivity index (χ3v) is 6.67. The van der Waals surface area contributed by atoms with E-state index in [4.69, 9.17) is 0 Å². The molecule has 9 nitrogen and oxygen atoms in total. The van der Waals surface area contributed by atoms with Crippen LogP contribution in [0.4, 0.5) is 4.39 Å².